The van der Waals surface area contributed by atoms with Gasteiger partial charge in [-0.2, -0.15) is 0 Å². The van der Waals surface area contributed by atoms with Crippen LogP contribution in [0.3, 0.4) is 0 Å². The topological polar surface area (TPSA) is 37.4 Å². The van der Waals surface area contributed by atoms with Gasteiger partial charge in [0.15, 0.2) is 5.78 Å². The van der Waals surface area contributed by atoms with Crippen molar-refractivity contribution in [1.29, 1.82) is 0 Å². The molecule has 0 aliphatic carbocycles. The molecule has 1 atom stereocenters. The Balaban J connectivity index is 2.63. The van der Waals surface area contributed by atoms with E-state index in [-0.39, 0.29) is 17.7 Å². The first-order valence-electron chi connectivity index (χ1n) is 4.46. The molecule has 1 aliphatic heterocycles. The molecule has 0 aromatic carbocycles. The number of rotatable bonds is 2. The summed E-state index contributed by atoms with van der Waals surface area (Å²) in [5, 5.41) is 0. The van der Waals surface area contributed by atoms with Gasteiger partial charge in [-0.3, -0.25) is 9.59 Å². The molecule has 0 radical (unpaired) electrons. The number of amides is 1. The van der Waals surface area contributed by atoms with Gasteiger partial charge >= 0.3 is 0 Å². The molecule has 1 unspecified atom stereocenters. The zero-order valence-electron chi connectivity index (χ0n) is 7.67. The molecule has 1 heterocycles. The van der Waals surface area contributed by atoms with Gasteiger partial charge in [-0.05, 0) is 19.8 Å². The summed E-state index contributed by atoms with van der Waals surface area (Å²) < 4.78 is 0. The van der Waals surface area contributed by atoms with E-state index in [0.717, 1.165) is 19.4 Å². The van der Waals surface area contributed by atoms with E-state index in [1.54, 1.807) is 11.8 Å². The highest BCUT2D eigenvalue weighted by Gasteiger charge is 2.30. The first-order valence-corrected chi connectivity index (χ1v) is 4.46. The van der Waals surface area contributed by atoms with Gasteiger partial charge < -0.3 is 4.90 Å². The number of nitrogens with zero attached hydrogens (tertiary/aromatic N) is 1. The Morgan fingerprint density at radius 2 is 2.17 bits per heavy atom. The van der Waals surface area contributed by atoms with Crippen molar-refractivity contribution in [2.45, 2.75) is 39.2 Å². The molecule has 1 aliphatic rings. The Labute approximate surface area is 72.7 Å². The van der Waals surface area contributed by atoms with Crippen LogP contribution in [0.25, 0.3) is 0 Å². The summed E-state index contributed by atoms with van der Waals surface area (Å²) >= 11 is 0. The highest BCUT2D eigenvalue weighted by molar-refractivity contribution is 5.87. The third-order valence-corrected chi connectivity index (χ3v) is 2.34. The molecule has 0 saturated carbocycles. The normalized spacial score (nSPS) is 22.8. The maximum Gasteiger partial charge on any atom is 0.222 e. The lowest BCUT2D eigenvalue weighted by molar-refractivity contribution is -0.136. The van der Waals surface area contributed by atoms with Crippen LogP contribution in [0, 0.1) is 0 Å². The third kappa shape index (κ3) is 1.65. The summed E-state index contributed by atoms with van der Waals surface area (Å²) in [7, 11) is 0. The predicted molar refractivity (Wildman–Crippen MR) is 45.7 cm³/mol. The van der Waals surface area contributed by atoms with E-state index >= 15 is 0 Å². The van der Waals surface area contributed by atoms with Crippen molar-refractivity contribution in [3.05, 3.63) is 0 Å². The first kappa shape index (κ1) is 9.23. The monoisotopic (exact) mass is 169 g/mol. The minimum atomic E-state index is -0.127. The molecule has 1 fully saturated rings. The molecule has 0 spiro atoms. The molecule has 0 aromatic rings. The smallest absolute Gasteiger partial charge is 0.222 e. The van der Waals surface area contributed by atoms with Gasteiger partial charge in [0, 0.05) is 13.0 Å². The fourth-order valence-electron chi connectivity index (χ4n) is 1.69. The molecule has 68 valence electrons. The maximum absolute atomic E-state index is 11.3. The van der Waals surface area contributed by atoms with Crippen molar-refractivity contribution in [2.24, 2.45) is 0 Å². The zero-order chi connectivity index (χ0) is 9.14. The van der Waals surface area contributed by atoms with E-state index < -0.39 is 0 Å². The number of Topliss-reactive ketones (excluding diaryl/α,β-unsaturated/α-hetero) is 1. The first-order chi connectivity index (χ1) is 5.66. The Hall–Kier alpha value is -0.860. The lowest BCUT2D eigenvalue weighted by Gasteiger charge is -2.21. The molecular formula is C9H15NO2. The number of carbonyl (C=O) groups is 2. The Kier molecular flexibility index (Phi) is 2.84. The second-order valence-corrected chi connectivity index (χ2v) is 3.21. The van der Waals surface area contributed by atoms with Crippen molar-refractivity contribution in [3.8, 4) is 0 Å². The molecule has 3 heteroatoms. The van der Waals surface area contributed by atoms with E-state index in [1.165, 1.54) is 0 Å². The second-order valence-electron chi connectivity index (χ2n) is 3.21. The van der Waals surface area contributed by atoms with E-state index in [0.29, 0.717) is 6.42 Å². The minimum Gasteiger partial charge on any atom is -0.333 e. The van der Waals surface area contributed by atoms with Crippen LogP contribution < -0.4 is 0 Å². The molecule has 1 amide bonds. The van der Waals surface area contributed by atoms with Gasteiger partial charge in [0.2, 0.25) is 5.91 Å². The van der Waals surface area contributed by atoms with Gasteiger partial charge in [-0.1, -0.05) is 6.92 Å². The van der Waals surface area contributed by atoms with E-state index in [2.05, 4.69) is 0 Å². The van der Waals surface area contributed by atoms with Crippen LogP contribution in [0.2, 0.25) is 0 Å². The molecular weight excluding hydrogens is 154 g/mol. The average Bonchev–Trinajstić information content (AvgIpc) is 2.50. The van der Waals surface area contributed by atoms with E-state index in [1.807, 2.05) is 6.92 Å². The van der Waals surface area contributed by atoms with Crippen molar-refractivity contribution in [2.75, 3.05) is 6.54 Å². The van der Waals surface area contributed by atoms with Gasteiger partial charge in [0.1, 0.15) is 0 Å². The van der Waals surface area contributed by atoms with Gasteiger partial charge in [-0.25, -0.2) is 0 Å². The summed E-state index contributed by atoms with van der Waals surface area (Å²) in [6, 6.07) is -0.127. The van der Waals surface area contributed by atoms with Crippen LogP contribution in [0.15, 0.2) is 0 Å². The van der Waals surface area contributed by atoms with Crippen LogP contribution in [0.1, 0.15) is 33.1 Å². The van der Waals surface area contributed by atoms with E-state index in [4.69, 9.17) is 0 Å². The second kappa shape index (κ2) is 3.70. The predicted octanol–water partition coefficient (Wildman–Crippen LogP) is 0.976. The van der Waals surface area contributed by atoms with Crippen LogP contribution in [0.5, 0.6) is 0 Å². The standard InChI is InChI=1S/C9H15NO2/c1-3-9(12)10-6-4-5-8(10)7(2)11/h8H,3-6H2,1-2H3. The SMILES string of the molecule is CCC(=O)N1CCCC1C(C)=O. The lowest BCUT2D eigenvalue weighted by atomic mass is 10.1. The molecule has 3 nitrogen and oxygen atoms in total. The summed E-state index contributed by atoms with van der Waals surface area (Å²) in [5.41, 5.74) is 0. The van der Waals surface area contributed by atoms with Crippen LogP contribution >= 0.6 is 0 Å². The maximum atomic E-state index is 11.3. The average molecular weight is 169 g/mol. The number of ketones is 1. The van der Waals surface area contributed by atoms with E-state index in [9.17, 15) is 9.59 Å². The van der Waals surface area contributed by atoms with Gasteiger partial charge in [-0.15, -0.1) is 0 Å². The van der Waals surface area contributed by atoms with Crippen molar-refractivity contribution in [1.82, 2.24) is 4.90 Å². The largest absolute Gasteiger partial charge is 0.333 e. The van der Waals surface area contributed by atoms with Crippen molar-refractivity contribution < 1.29 is 9.59 Å². The summed E-state index contributed by atoms with van der Waals surface area (Å²) in [6.07, 6.45) is 2.32. The van der Waals surface area contributed by atoms with Crippen molar-refractivity contribution in [3.63, 3.8) is 0 Å². The Morgan fingerprint density at radius 3 is 2.67 bits per heavy atom. The van der Waals surface area contributed by atoms with Gasteiger partial charge in [0.25, 0.3) is 0 Å². The van der Waals surface area contributed by atoms with Crippen LogP contribution in [-0.2, 0) is 9.59 Å². The van der Waals surface area contributed by atoms with Gasteiger partial charge in [0.05, 0.1) is 6.04 Å². The molecule has 0 bridgehead atoms. The minimum absolute atomic E-state index is 0.104. The fraction of sp³-hybridized carbons (Fsp3) is 0.778. The summed E-state index contributed by atoms with van der Waals surface area (Å²) in [5.74, 6) is 0.224. The number of hydrogen-bond acceptors (Lipinski definition) is 2. The number of likely N-dealkylation sites (tertiary alicyclic amines) is 1. The number of hydrogen-bond donors (Lipinski definition) is 0. The highest BCUT2D eigenvalue weighted by atomic mass is 16.2. The van der Waals surface area contributed by atoms with Crippen LogP contribution in [0.4, 0.5) is 0 Å². The zero-order valence-corrected chi connectivity index (χ0v) is 7.67. The molecule has 0 aromatic heterocycles. The Bertz CT molecular complexity index is 201. The summed E-state index contributed by atoms with van der Waals surface area (Å²) in [6.45, 7) is 4.15. The molecule has 1 rings (SSSR count). The molecule has 1 saturated heterocycles. The fourth-order valence-corrected chi connectivity index (χ4v) is 1.69. The molecule has 12 heavy (non-hydrogen) atoms. The lowest BCUT2D eigenvalue weighted by Crippen LogP contribution is -2.39. The molecule has 0 N–H and O–H groups in total. The van der Waals surface area contributed by atoms with Crippen molar-refractivity contribution >= 4 is 11.7 Å². The van der Waals surface area contributed by atoms with Crippen LogP contribution in [-0.4, -0.2) is 29.2 Å². The Morgan fingerprint density at radius 1 is 1.50 bits per heavy atom. The third-order valence-electron chi connectivity index (χ3n) is 2.34. The quantitative estimate of drug-likeness (QED) is 0.618. The summed E-state index contributed by atoms with van der Waals surface area (Å²) in [4.78, 5) is 24.1. The highest BCUT2D eigenvalue weighted by Crippen LogP contribution is 2.18. The number of carbonyl (C=O) groups excluding carboxylic acids is 2.